The van der Waals surface area contributed by atoms with Gasteiger partial charge in [0.15, 0.2) is 0 Å². The largest absolute Gasteiger partial charge is 0.497 e. The molecule has 1 amide bonds. The fraction of sp³-hybridized carbons (Fsp3) is 0.409. The predicted octanol–water partition coefficient (Wildman–Crippen LogP) is 3.19. The van der Waals surface area contributed by atoms with Crippen molar-refractivity contribution in [1.82, 2.24) is 9.62 Å². The molecule has 1 saturated heterocycles. The highest BCUT2D eigenvalue weighted by molar-refractivity contribution is 7.89. The van der Waals surface area contributed by atoms with Crippen molar-refractivity contribution in [1.29, 1.82) is 0 Å². The highest BCUT2D eigenvalue weighted by atomic mass is 32.2. The molecule has 0 aliphatic carbocycles. The number of ether oxygens (including phenoxy) is 1. The number of sulfonamides is 1. The molecule has 2 aromatic carbocycles. The van der Waals surface area contributed by atoms with Crippen molar-refractivity contribution < 1.29 is 17.9 Å². The molecule has 29 heavy (non-hydrogen) atoms. The Bertz CT molecular complexity index is 907. The summed E-state index contributed by atoms with van der Waals surface area (Å²) >= 11 is 0. The number of nitrogens with one attached hydrogen (secondary N) is 1. The van der Waals surface area contributed by atoms with Gasteiger partial charge in [0.1, 0.15) is 5.75 Å². The molecule has 0 spiro atoms. The number of hydrogen-bond acceptors (Lipinski definition) is 4. The minimum atomic E-state index is -3.42. The monoisotopic (exact) mass is 416 g/mol. The molecule has 0 aromatic heterocycles. The van der Waals surface area contributed by atoms with E-state index in [4.69, 9.17) is 4.74 Å². The van der Waals surface area contributed by atoms with Gasteiger partial charge in [0.25, 0.3) is 0 Å². The smallest absolute Gasteiger partial charge is 0.243 e. The Hall–Kier alpha value is -2.38. The first-order valence-electron chi connectivity index (χ1n) is 9.94. The Morgan fingerprint density at radius 1 is 1.10 bits per heavy atom. The van der Waals surface area contributed by atoms with E-state index in [1.54, 1.807) is 35.7 Å². The molecule has 7 heteroatoms. The molecule has 0 bridgehead atoms. The molecule has 156 valence electrons. The summed E-state index contributed by atoms with van der Waals surface area (Å²) in [5.41, 5.74) is 0.997. The van der Waals surface area contributed by atoms with Crippen LogP contribution in [-0.4, -0.2) is 38.8 Å². The van der Waals surface area contributed by atoms with Crippen LogP contribution in [0.1, 0.15) is 31.2 Å². The lowest BCUT2D eigenvalue weighted by atomic mass is 9.93. The number of amides is 1. The number of benzene rings is 2. The average Bonchev–Trinajstić information content (AvgIpc) is 2.77. The molecule has 1 heterocycles. The standard InChI is InChI=1S/C22H28N2O4S/c1-28-20-7-5-6-19(16-20)17-23-22(25)11-10-18-12-14-24(15-13-18)29(26,27)21-8-3-2-4-9-21/h2-9,16,18H,10-15,17H2,1H3,(H,23,25). The predicted molar refractivity (Wildman–Crippen MR) is 112 cm³/mol. The Balaban J connectivity index is 1.41. The number of nitrogens with zero attached hydrogens (tertiary/aromatic N) is 1. The molecule has 0 saturated carbocycles. The highest BCUT2D eigenvalue weighted by Crippen LogP contribution is 2.26. The molecular weight excluding hydrogens is 388 g/mol. The summed E-state index contributed by atoms with van der Waals surface area (Å²) in [5.74, 6) is 1.17. The van der Waals surface area contributed by atoms with Crippen molar-refractivity contribution >= 4 is 15.9 Å². The van der Waals surface area contributed by atoms with E-state index >= 15 is 0 Å². The van der Waals surface area contributed by atoms with E-state index < -0.39 is 10.0 Å². The maximum absolute atomic E-state index is 12.7. The fourth-order valence-corrected chi connectivity index (χ4v) is 5.08. The van der Waals surface area contributed by atoms with Crippen molar-refractivity contribution in [2.24, 2.45) is 5.92 Å². The van der Waals surface area contributed by atoms with Gasteiger partial charge < -0.3 is 10.1 Å². The van der Waals surface area contributed by atoms with E-state index in [1.807, 2.05) is 30.3 Å². The van der Waals surface area contributed by atoms with Crippen LogP contribution in [-0.2, 0) is 21.4 Å². The van der Waals surface area contributed by atoms with Crippen LogP contribution in [0.2, 0.25) is 0 Å². The topological polar surface area (TPSA) is 75.7 Å². The quantitative estimate of drug-likeness (QED) is 0.717. The van der Waals surface area contributed by atoms with Gasteiger partial charge in [-0.2, -0.15) is 4.31 Å². The Morgan fingerprint density at radius 3 is 2.52 bits per heavy atom. The van der Waals surface area contributed by atoms with Crippen LogP contribution in [0.5, 0.6) is 5.75 Å². The Kier molecular flexibility index (Phi) is 7.28. The maximum atomic E-state index is 12.7. The summed E-state index contributed by atoms with van der Waals surface area (Å²) in [5, 5.41) is 2.94. The number of rotatable bonds is 8. The Labute approximate surface area is 172 Å². The van der Waals surface area contributed by atoms with E-state index in [0.29, 0.717) is 36.9 Å². The summed E-state index contributed by atoms with van der Waals surface area (Å²) in [7, 11) is -1.80. The first-order valence-corrected chi connectivity index (χ1v) is 11.4. The van der Waals surface area contributed by atoms with E-state index in [-0.39, 0.29) is 5.91 Å². The average molecular weight is 417 g/mol. The van der Waals surface area contributed by atoms with Gasteiger partial charge in [-0.05, 0) is 55.0 Å². The third kappa shape index (κ3) is 5.81. The van der Waals surface area contributed by atoms with Crippen LogP contribution in [0.25, 0.3) is 0 Å². The van der Waals surface area contributed by atoms with Crippen molar-refractivity contribution in [2.45, 2.75) is 37.1 Å². The first kappa shape index (κ1) is 21.3. The van der Waals surface area contributed by atoms with E-state index in [2.05, 4.69) is 5.32 Å². The number of methoxy groups -OCH3 is 1. The minimum absolute atomic E-state index is 0.0205. The lowest BCUT2D eigenvalue weighted by molar-refractivity contribution is -0.121. The molecule has 0 radical (unpaired) electrons. The third-order valence-electron chi connectivity index (χ3n) is 5.36. The lowest BCUT2D eigenvalue weighted by Gasteiger charge is -2.31. The third-order valence-corrected chi connectivity index (χ3v) is 7.27. The zero-order chi connectivity index (χ0) is 20.7. The maximum Gasteiger partial charge on any atom is 0.243 e. The van der Waals surface area contributed by atoms with Gasteiger partial charge in [0, 0.05) is 26.1 Å². The molecule has 1 aliphatic rings. The molecule has 1 fully saturated rings. The molecule has 1 N–H and O–H groups in total. The second-order valence-electron chi connectivity index (χ2n) is 7.33. The van der Waals surface area contributed by atoms with E-state index in [0.717, 1.165) is 30.6 Å². The van der Waals surface area contributed by atoms with Gasteiger partial charge in [0.2, 0.25) is 15.9 Å². The number of carbonyl (C=O) groups excluding carboxylic acids is 1. The summed E-state index contributed by atoms with van der Waals surface area (Å²) < 4.78 is 32.1. The molecule has 3 rings (SSSR count). The summed E-state index contributed by atoms with van der Waals surface area (Å²) in [4.78, 5) is 12.5. The van der Waals surface area contributed by atoms with Gasteiger partial charge in [0.05, 0.1) is 12.0 Å². The molecular formula is C22H28N2O4S. The van der Waals surface area contributed by atoms with Gasteiger partial charge in [-0.3, -0.25) is 4.79 Å². The van der Waals surface area contributed by atoms with Gasteiger partial charge in [-0.25, -0.2) is 8.42 Å². The zero-order valence-corrected chi connectivity index (χ0v) is 17.5. The van der Waals surface area contributed by atoms with Crippen LogP contribution in [0.3, 0.4) is 0 Å². The van der Waals surface area contributed by atoms with Crippen LogP contribution in [0, 0.1) is 5.92 Å². The number of carbonyl (C=O) groups is 1. The van der Waals surface area contributed by atoms with Crippen LogP contribution in [0.15, 0.2) is 59.5 Å². The molecule has 0 unspecified atom stereocenters. The number of hydrogen-bond donors (Lipinski definition) is 1. The molecule has 2 aromatic rings. The molecule has 0 atom stereocenters. The van der Waals surface area contributed by atoms with Crippen molar-refractivity contribution in [3.8, 4) is 5.75 Å². The van der Waals surface area contributed by atoms with E-state index in [1.165, 1.54) is 0 Å². The fourth-order valence-electron chi connectivity index (χ4n) is 3.59. The van der Waals surface area contributed by atoms with Crippen molar-refractivity contribution in [3.63, 3.8) is 0 Å². The van der Waals surface area contributed by atoms with Crippen LogP contribution in [0.4, 0.5) is 0 Å². The summed E-state index contributed by atoms with van der Waals surface area (Å²) in [6.07, 6.45) is 2.81. The van der Waals surface area contributed by atoms with Crippen molar-refractivity contribution in [3.05, 3.63) is 60.2 Å². The highest BCUT2D eigenvalue weighted by Gasteiger charge is 2.29. The minimum Gasteiger partial charge on any atom is -0.497 e. The van der Waals surface area contributed by atoms with Gasteiger partial charge in [-0.1, -0.05) is 30.3 Å². The van der Waals surface area contributed by atoms with Gasteiger partial charge in [-0.15, -0.1) is 0 Å². The zero-order valence-electron chi connectivity index (χ0n) is 16.7. The normalized spacial score (nSPS) is 15.8. The summed E-state index contributed by atoms with van der Waals surface area (Å²) in [6, 6.07) is 16.2. The van der Waals surface area contributed by atoms with Crippen LogP contribution < -0.4 is 10.1 Å². The second kappa shape index (κ2) is 9.89. The van der Waals surface area contributed by atoms with E-state index in [9.17, 15) is 13.2 Å². The van der Waals surface area contributed by atoms with Crippen LogP contribution >= 0.6 is 0 Å². The second-order valence-corrected chi connectivity index (χ2v) is 9.27. The lowest BCUT2D eigenvalue weighted by Crippen LogP contribution is -2.38. The van der Waals surface area contributed by atoms with Gasteiger partial charge >= 0.3 is 0 Å². The Morgan fingerprint density at radius 2 is 1.83 bits per heavy atom. The summed E-state index contributed by atoms with van der Waals surface area (Å²) in [6.45, 7) is 1.49. The molecule has 1 aliphatic heterocycles. The SMILES string of the molecule is COc1cccc(CNC(=O)CCC2CCN(S(=O)(=O)c3ccccc3)CC2)c1. The number of piperidine rings is 1. The molecule has 6 nitrogen and oxygen atoms in total. The first-order chi connectivity index (χ1) is 14.0. The van der Waals surface area contributed by atoms with Crippen molar-refractivity contribution in [2.75, 3.05) is 20.2 Å².